The second kappa shape index (κ2) is 7.99. The van der Waals surface area contributed by atoms with E-state index in [4.69, 9.17) is 22.9 Å². The van der Waals surface area contributed by atoms with Crippen LogP contribution < -0.4 is 22.9 Å². The average molecular weight is 234 g/mol. The molecule has 0 aliphatic rings. The molecule has 0 heterocycles. The van der Waals surface area contributed by atoms with Crippen molar-refractivity contribution in [1.29, 1.82) is 0 Å². The summed E-state index contributed by atoms with van der Waals surface area (Å²) in [5.41, 5.74) is 20.9. The molecule has 0 saturated carbocycles. The minimum Gasteiger partial charge on any atom is -0.451 e. The molecule has 8 N–H and O–H groups in total. The van der Waals surface area contributed by atoms with Gasteiger partial charge in [0.1, 0.15) is 12.2 Å². The van der Waals surface area contributed by atoms with Gasteiger partial charge < -0.3 is 32.4 Å². The first kappa shape index (κ1) is 14.8. The quantitative estimate of drug-likeness (QED) is 0.274. The predicted molar refractivity (Wildman–Crippen MR) is 56.0 cm³/mol. The van der Waals surface area contributed by atoms with Gasteiger partial charge in [-0.3, -0.25) is 0 Å². The van der Waals surface area contributed by atoms with Crippen LogP contribution in [0.15, 0.2) is 0 Å². The summed E-state index contributed by atoms with van der Waals surface area (Å²) in [6.07, 6.45) is -1.40. The average Bonchev–Trinajstić information content (AvgIpc) is 2.32. The van der Waals surface area contributed by atoms with E-state index in [1.165, 1.54) is 0 Å². The van der Waals surface area contributed by atoms with Crippen LogP contribution in [-0.4, -0.2) is 50.3 Å². The number of hydrogen-bond donors (Lipinski definition) is 4. The van der Waals surface area contributed by atoms with Crippen molar-refractivity contribution in [2.24, 2.45) is 22.9 Å². The molecule has 0 unspecified atom stereocenters. The summed E-state index contributed by atoms with van der Waals surface area (Å²) in [6.45, 7) is 0.138. The maximum atomic E-state index is 11.1. The molecule has 8 heteroatoms. The van der Waals surface area contributed by atoms with E-state index in [1.54, 1.807) is 0 Å². The topological polar surface area (TPSA) is 157 Å². The number of nitrogens with two attached hydrogens (primary N) is 4. The van der Waals surface area contributed by atoms with Gasteiger partial charge >= 0.3 is 11.9 Å². The number of carbonyl (C=O) groups excluding carboxylic acids is 2. The number of rotatable bonds is 6. The van der Waals surface area contributed by atoms with Gasteiger partial charge in [-0.2, -0.15) is 0 Å². The largest absolute Gasteiger partial charge is 0.451 e. The Labute approximate surface area is 93.2 Å². The van der Waals surface area contributed by atoms with Gasteiger partial charge in [-0.1, -0.05) is 0 Å². The molecule has 0 aliphatic heterocycles. The highest BCUT2D eigenvalue weighted by molar-refractivity contribution is 6.29. The van der Waals surface area contributed by atoms with Crippen LogP contribution >= 0.6 is 0 Å². The van der Waals surface area contributed by atoms with Crippen molar-refractivity contribution in [3.8, 4) is 0 Å². The molecule has 0 amide bonds. The van der Waals surface area contributed by atoms with Crippen LogP contribution in [0.1, 0.15) is 0 Å². The summed E-state index contributed by atoms with van der Waals surface area (Å²) in [4.78, 5) is 22.3. The van der Waals surface area contributed by atoms with E-state index in [0.29, 0.717) is 0 Å². The molecule has 0 rings (SSSR count). The lowest BCUT2D eigenvalue weighted by molar-refractivity contribution is -0.173. The summed E-state index contributed by atoms with van der Waals surface area (Å²) < 4.78 is 9.31. The molecule has 16 heavy (non-hydrogen) atoms. The lowest BCUT2D eigenvalue weighted by Gasteiger charge is -2.15. The molecule has 0 aromatic heterocycles. The molecule has 0 aliphatic carbocycles. The lowest BCUT2D eigenvalue weighted by Crippen LogP contribution is -2.39. The third kappa shape index (κ3) is 5.03. The van der Waals surface area contributed by atoms with E-state index in [0.717, 1.165) is 0 Å². The van der Waals surface area contributed by atoms with Gasteiger partial charge in [-0.05, 0) is 0 Å². The van der Waals surface area contributed by atoms with Crippen molar-refractivity contribution in [3.05, 3.63) is 0 Å². The number of hydrogen-bond acceptors (Lipinski definition) is 8. The van der Waals surface area contributed by atoms with Gasteiger partial charge in [0.15, 0.2) is 0 Å². The fourth-order valence-electron chi connectivity index (χ4n) is 0.784. The fraction of sp³-hybridized carbons (Fsp3) is 0.750. The van der Waals surface area contributed by atoms with Crippen molar-refractivity contribution in [2.75, 3.05) is 26.2 Å². The normalized spacial score (nSPS) is 10.6. The Morgan fingerprint density at radius 2 is 1.00 bits per heavy atom. The van der Waals surface area contributed by atoms with E-state index in [-0.39, 0.29) is 26.2 Å². The van der Waals surface area contributed by atoms with Crippen LogP contribution in [0.5, 0.6) is 0 Å². The minimum absolute atomic E-state index is 0.0345. The SMILES string of the molecule is NCC(CN)OC(=O)C(=O)OC(CN)CN. The zero-order valence-electron chi connectivity index (χ0n) is 8.93. The van der Waals surface area contributed by atoms with Gasteiger partial charge in [-0.25, -0.2) is 9.59 Å². The Bertz CT molecular complexity index is 204. The van der Waals surface area contributed by atoms with E-state index in [9.17, 15) is 9.59 Å². The summed E-state index contributed by atoms with van der Waals surface area (Å²) in [5, 5.41) is 0. The highest BCUT2D eigenvalue weighted by atomic mass is 16.6. The Balaban J connectivity index is 4.12. The van der Waals surface area contributed by atoms with E-state index < -0.39 is 24.1 Å². The first-order valence-corrected chi connectivity index (χ1v) is 4.80. The van der Waals surface area contributed by atoms with Gasteiger partial charge in [0.05, 0.1) is 0 Å². The Morgan fingerprint density at radius 3 is 1.19 bits per heavy atom. The third-order valence-electron chi connectivity index (χ3n) is 1.77. The van der Waals surface area contributed by atoms with E-state index in [1.807, 2.05) is 0 Å². The van der Waals surface area contributed by atoms with Crippen LogP contribution in [0.3, 0.4) is 0 Å². The first-order chi connectivity index (χ1) is 7.58. The van der Waals surface area contributed by atoms with Crippen molar-refractivity contribution in [3.63, 3.8) is 0 Å². The van der Waals surface area contributed by atoms with Crippen molar-refractivity contribution in [1.82, 2.24) is 0 Å². The second-order valence-electron chi connectivity index (χ2n) is 3.00. The molecular formula is C8H18N4O4. The van der Waals surface area contributed by atoms with Crippen LogP contribution in [0.25, 0.3) is 0 Å². The Morgan fingerprint density at radius 1 is 0.750 bits per heavy atom. The zero-order chi connectivity index (χ0) is 12.6. The molecule has 0 bridgehead atoms. The van der Waals surface area contributed by atoms with Gasteiger partial charge in [0.25, 0.3) is 0 Å². The third-order valence-corrected chi connectivity index (χ3v) is 1.77. The maximum absolute atomic E-state index is 11.1. The molecule has 0 saturated heterocycles. The van der Waals surface area contributed by atoms with Crippen LogP contribution in [0, 0.1) is 0 Å². The summed E-state index contributed by atoms with van der Waals surface area (Å²) in [5.74, 6) is -2.29. The molecule has 0 fully saturated rings. The standard InChI is InChI=1S/C8H18N4O4/c9-1-5(2-10)15-7(13)8(14)16-6(3-11)4-12/h5-6H,1-4,9-12H2. The molecule has 0 aromatic rings. The number of ether oxygens (including phenoxy) is 2. The molecule has 0 spiro atoms. The fourth-order valence-corrected chi connectivity index (χ4v) is 0.784. The molecule has 8 nitrogen and oxygen atoms in total. The Hall–Kier alpha value is -1.22. The van der Waals surface area contributed by atoms with E-state index >= 15 is 0 Å². The summed E-state index contributed by atoms with van der Waals surface area (Å²) in [7, 11) is 0. The number of esters is 2. The zero-order valence-corrected chi connectivity index (χ0v) is 8.93. The van der Waals surface area contributed by atoms with Crippen molar-refractivity contribution in [2.45, 2.75) is 12.2 Å². The van der Waals surface area contributed by atoms with Gasteiger partial charge in [0, 0.05) is 26.2 Å². The van der Waals surface area contributed by atoms with Crippen LogP contribution in [-0.2, 0) is 19.1 Å². The summed E-state index contributed by atoms with van der Waals surface area (Å²) in [6, 6.07) is 0. The molecule has 0 radical (unpaired) electrons. The van der Waals surface area contributed by atoms with Crippen molar-refractivity contribution >= 4 is 11.9 Å². The second-order valence-corrected chi connectivity index (χ2v) is 3.00. The highest BCUT2D eigenvalue weighted by Crippen LogP contribution is 1.94. The minimum atomic E-state index is -1.15. The van der Waals surface area contributed by atoms with Gasteiger partial charge in [-0.15, -0.1) is 0 Å². The highest BCUT2D eigenvalue weighted by Gasteiger charge is 2.23. The smallest absolute Gasteiger partial charge is 0.417 e. The lowest BCUT2D eigenvalue weighted by atomic mass is 10.3. The van der Waals surface area contributed by atoms with Crippen LogP contribution in [0.4, 0.5) is 0 Å². The molecule has 94 valence electrons. The molecular weight excluding hydrogens is 216 g/mol. The van der Waals surface area contributed by atoms with Gasteiger partial charge in [0.2, 0.25) is 0 Å². The van der Waals surface area contributed by atoms with E-state index in [2.05, 4.69) is 9.47 Å². The Kier molecular flexibility index (Phi) is 7.38. The monoisotopic (exact) mass is 234 g/mol. The first-order valence-electron chi connectivity index (χ1n) is 4.80. The van der Waals surface area contributed by atoms with Crippen LogP contribution in [0.2, 0.25) is 0 Å². The maximum Gasteiger partial charge on any atom is 0.417 e. The molecule has 0 aromatic carbocycles. The molecule has 0 atom stereocenters. The summed E-state index contributed by atoms with van der Waals surface area (Å²) >= 11 is 0. The predicted octanol–water partition coefficient (Wildman–Crippen LogP) is -3.36. The number of carbonyl (C=O) groups is 2. The van der Waals surface area contributed by atoms with Crippen molar-refractivity contribution < 1.29 is 19.1 Å².